The van der Waals surface area contributed by atoms with Gasteiger partial charge in [0.25, 0.3) is 5.91 Å². The molecule has 92 valence electrons. The smallest absolute Gasteiger partial charge is 0.254 e. The fourth-order valence-corrected chi connectivity index (χ4v) is 2.55. The summed E-state index contributed by atoms with van der Waals surface area (Å²) in [6.45, 7) is 0.756. The number of alkyl halides is 1. The zero-order valence-corrected chi connectivity index (χ0v) is 10.4. The van der Waals surface area contributed by atoms with Crippen LogP contribution in [0.4, 0.5) is 0 Å². The van der Waals surface area contributed by atoms with Gasteiger partial charge in [0.15, 0.2) is 0 Å². The Morgan fingerprint density at radius 2 is 2.29 bits per heavy atom. The van der Waals surface area contributed by atoms with Crippen LogP contribution in [0, 0.1) is 0 Å². The van der Waals surface area contributed by atoms with Crippen molar-refractivity contribution in [2.24, 2.45) is 0 Å². The van der Waals surface area contributed by atoms with E-state index in [9.17, 15) is 9.90 Å². The molecule has 1 saturated heterocycles. The number of piperidine rings is 1. The summed E-state index contributed by atoms with van der Waals surface area (Å²) >= 11 is 5.89. The molecule has 1 fully saturated rings. The summed E-state index contributed by atoms with van der Waals surface area (Å²) in [5.41, 5.74) is 0.530. The van der Waals surface area contributed by atoms with Crippen molar-refractivity contribution in [1.82, 2.24) is 4.90 Å². The molecule has 3 nitrogen and oxygen atoms in total. The van der Waals surface area contributed by atoms with Gasteiger partial charge < -0.3 is 10.0 Å². The van der Waals surface area contributed by atoms with Crippen LogP contribution in [0.3, 0.4) is 0 Å². The minimum absolute atomic E-state index is 0.0359. The number of amides is 1. The SMILES string of the molecule is O=C(c1cccc(O)c1)N1CCCCC1CCl. The highest BCUT2D eigenvalue weighted by atomic mass is 35.5. The molecule has 0 bridgehead atoms. The first-order valence-corrected chi connectivity index (χ1v) is 6.42. The summed E-state index contributed by atoms with van der Waals surface area (Å²) in [5.74, 6) is 0.561. The van der Waals surface area contributed by atoms with Crippen LogP contribution in [-0.2, 0) is 0 Å². The number of hydrogen-bond acceptors (Lipinski definition) is 2. The second-order valence-corrected chi connectivity index (χ2v) is 4.66. The number of carbonyl (C=O) groups is 1. The Kier molecular flexibility index (Phi) is 3.89. The maximum atomic E-state index is 12.3. The van der Waals surface area contributed by atoms with Crippen LogP contribution in [0.5, 0.6) is 5.75 Å². The third-order valence-electron chi connectivity index (χ3n) is 3.16. The third kappa shape index (κ3) is 2.72. The van der Waals surface area contributed by atoms with Gasteiger partial charge >= 0.3 is 0 Å². The number of nitrogens with zero attached hydrogens (tertiary/aromatic N) is 1. The molecule has 1 aliphatic heterocycles. The molecule has 1 aromatic carbocycles. The number of benzene rings is 1. The molecule has 2 rings (SSSR count). The lowest BCUT2D eigenvalue weighted by atomic mass is 10.0. The highest BCUT2D eigenvalue weighted by Gasteiger charge is 2.26. The van der Waals surface area contributed by atoms with Gasteiger partial charge in [0.05, 0.1) is 0 Å². The second kappa shape index (κ2) is 5.41. The number of phenols is 1. The van der Waals surface area contributed by atoms with Crippen LogP contribution in [0.15, 0.2) is 24.3 Å². The van der Waals surface area contributed by atoms with Gasteiger partial charge in [-0.3, -0.25) is 4.79 Å². The lowest BCUT2D eigenvalue weighted by Gasteiger charge is -2.34. The number of likely N-dealkylation sites (tertiary alicyclic amines) is 1. The lowest BCUT2D eigenvalue weighted by Crippen LogP contribution is -2.44. The summed E-state index contributed by atoms with van der Waals surface area (Å²) < 4.78 is 0. The number of aromatic hydroxyl groups is 1. The number of halogens is 1. The molecule has 1 aromatic rings. The summed E-state index contributed by atoms with van der Waals surface area (Å²) in [6.07, 6.45) is 3.12. The Morgan fingerprint density at radius 3 is 3.00 bits per heavy atom. The van der Waals surface area contributed by atoms with Crippen molar-refractivity contribution in [3.8, 4) is 5.75 Å². The molecule has 1 heterocycles. The first-order valence-electron chi connectivity index (χ1n) is 5.88. The van der Waals surface area contributed by atoms with E-state index in [1.54, 1.807) is 18.2 Å². The van der Waals surface area contributed by atoms with Gasteiger partial charge in [-0.05, 0) is 37.5 Å². The average Bonchev–Trinajstić information content (AvgIpc) is 2.38. The van der Waals surface area contributed by atoms with Gasteiger partial charge in [-0.15, -0.1) is 11.6 Å². The molecule has 0 aliphatic carbocycles. The highest BCUT2D eigenvalue weighted by molar-refractivity contribution is 6.18. The van der Waals surface area contributed by atoms with E-state index in [4.69, 9.17) is 11.6 Å². The van der Waals surface area contributed by atoms with Gasteiger partial charge in [-0.1, -0.05) is 6.07 Å². The largest absolute Gasteiger partial charge is 0.508 e. The quantitative estimate of drug-likeness (QED) is 0.823. The first-order chi connectivity index (χ1) is 8.22. The zero-order chi connectivity index (χ0) is 12.3. The van der Waals surface area contributed by atoms with Crippen molar-refractivity contribution < 1.29 is 9.90 Å². The molecule has 0 radical (unpaired) electrons. The number of carbonyl (C=O) groups excluding carboxylic acids is 1. The minimum atomic E-state index is -0.0359. The van der Waals surface area contributed by atoms with Gasteiger partial charge in [-0.2, -0.15) is 0 Å². The zero-order valence-electron chi connectivity index (χ0n) is 9.60. The molecule has 1 atom stereocenters. The Balaban J connectivity index is 2.18. The highest BCUT2D eigenvalue weighted by Crippen LogP contribution is 2.21. The Hall–Kier alpha value is -1.22. The van der Waals surface area contributed by atoms with E-state index in [-0.39, 0.29) is 17.7 Å². The summed E-state index contributed by atoms with van der Waals surface area (Å²) in [7, 11) is 0. The van der Waals surface area contributed by atoms with Crippen LogP contribution < -0.4 is 0 Å². The van der Waals surface area contributed by atoms with E-state index >= 15 is 0 Å². The van der Waals surface area contributed by atoms with E-state index in [1.165, 1.54) is 6.07 Å². The van der Waals surface area contributed by atoms with E-state index in [2.05, 4.69) is 0 Å². The fourth-order valence-electron chi connectivity index (χ4n) is 2.23. The molecular formula is C13H16ClNO2. The molecule has 0 saturated carbocycles. The van der Waals surface area contributed by atoms with Crippen molar-refractivity contribution in [3.05, 3.63) is 29.8 Å². The molecule has 1 amide bonds. The van der Waals surface area contributed by atoms with Crippen molar-refractivity contribution in [2.75, 3.05) is 12.4 Å². The van der Waals surface area contributed by atoms with Crippen molar-refractivity contribution >= 4 is 17.5 Å². The molecule has 1 N–H and O–H groups in total. The second-order valence-electron chi connectivity index (χ2n) is 4.35. The molecule has 0 spiro atoms. The standard InChI is InChI=1S/C13H16ClNO2/c14-9-11-5-1-2-7-15(11)13(17)10-4-3-6-12(16)8-10/h3-4,6,8,11,16H,1-2,5,7,9H2. The predicted octanol–water partition coefficient (Wildman–Crippen LogP) is 2.63. The molecule has 0 aromatic heterocycles. The van der Waals surface area contributed by atoms with Crippen LogP contribution in [0.2, 0.25) is 0 Å². The Morgan fingerprint density at radius 1 is 1.47 bits per heavy atom. The first kappa shape index (κ1) is 12.2. The Bertz CT molecular complexity index is 408. The van der Waals surface area contributed by atoms with Gasteiger partial charge in [0.1, 0.15) is 5.75 Å². The van der Waals surface area contributed by atoms with Crippen molar-refractivity contribution in [3.63, 3.8) is 0 Å². The normalized spacial score (nSPS) is 20.3. The molecule has 1 unspecified atom stereocenters. The van der Waals surface area contributed by atoms with Gasteiger partial charge in [0.2, 0.25) is 0 Å². The fraction of sp³-hybridized carbons (Fsp3) is 0.462. The van der Waals surface area contributed by atoms with Gasteiger partial charge in [0, 0.05) is 24.0 Å². The molecule has 1 aliphatic rings. The summed E-state index contributed by atoms with van der Waals surface area (Å²) in [6, 6.07) is 6.60. The Labute approximate surface area is 106 Å². The third-order valence-corrected chi connectivity index (χ3v) is 3.52. The van der Waals surface area contributed by atoms with E-state index < -0.39 is 0 Å². The monoisotopic (exact) mass is 253 g/mol. The molecule has 4 heteroatoms. The lowest BCUT2D eigenvalue weighted by molar-refractivity contribution is 0.0638. The van der Waals surface area contributed by atoms with Crippen molar-refractivity contribution in [2.45, 2.75) is 25.3 Å². The average molecular weight is 254 g/mol. The topological polar surface area (TPSA) is 40.5 Å². The van der Waals surface area contributed by atoms with Crippen LogP contribution in [0.25, 0.3) is 0 Å². The number of rotatable bonds is 2. The summed E-state index contributed by atoms with van der Waals surface area (Å²) in [5, 5.41) is 9.39. The summed E-state index contributed by atoms with van der Waals surface area (Å²) in [4.78, 5) is 14.1. The number of phenolic OH excluding ortho intramolecular Hbond substituents is 1. The van der Waals surface area contributed by atoms with Crippen LogP contribution in [-0.4, -0.2) is 34.4 Å². The van der Waals surface area contributed by atoms with Crippen LogP contribution in [0.1, 0.15) is 29.6 Å². The van der Waals surface area contributed by atoms with E-state index in [1.807, 2.05) is 4.90 Å². The number of hydrogen-bond donors (Lipinski definition) is 1. The van der Waals surface area contributed by atoms with E-state index in [0.717, 1.165) is 25.8 Å². The van der Waals surface area contributed by atoms with Crippen molar-refractivity contribution in [1.29, 1.82) is 0 Å². The minimum Gasteiger partial charge on any atom is -0.508 e. The van der Waals surface area contributed by atoms with Gasteiger partial charge in [-0.25, -0.2) is 0 Å². The maximum absolute atomic E-state index is 12.3. The molecular weight excluding hydrogens is 238 g/mol. The molecule has 17 heavy (non-hydrogen) atoms. The van der Waals surface area contributed by atoms with E-state index in [0.29, 0.717) is 11.4 Å². The predicted molar refractivity (Wildman–Crippen MR) is 67.5 cm³/mol. The maximum Gasteiger partial charge on any atom is 0.254 e. The van der Waals surface area contributed by atoms with Crippen LogP contribution >= 0.6 is 11.6 Å².